The van der Waals surface area contributed by atoms with Crippen LogP contribution in [0.15, 0.2) is 0 Å². The predicted octanol–water partition coefficient (Wildman–Crippen LogP) is 1.55. The molecule has 1 atom stereocenters. The molecule has 0 aliphatic carbocycles. The normalized spacial score (nSPS) is 21.0. The lowest BCUT2D eigenvalue weighted by Gasteiger charge is -2.33. The first-order chi connectivity index (χ1) is 8.33. The van der Waals surface area contributed by atoms with E-state index in [1.807, 2.05) is 0 Å². The molecule has 1 saturated heterocycles. The Hall–Kier alpha value is -1.17. The summed E-state index contributed by atoms with van der Waals surface area (Å²) in [7, 11) is 0. The van der Waals surface area contributed by atoms with Crippen molar-refractivity contribution in [1.82, 2.24) is 4.90 Å². The number of halogens is 1. The van der Waals surface area contributed by atoms with Crippen LogP contribution in [0.2, 0.25) is 0 Å². The summed E-state index contributed by atoms with van der Waals surface area (Å²) in [6.07, 6.45) is -0.984. The van der Waals surface area contributed by atoms with Crippen molar-refractivity contribution >= 4 is 11.9 Å². The Morgan fingerprint density at radius 2 is 2.17 bits per heavy atom. The van der Waals surface area contributed by atoms with Gasteiger partial charge >= 0.3 is 6.09 Å². The number of ketones is 1. The quantitative estimate of drug-likeness (QED) is 0.773. The number of Topliss-reactive ketones (excluding diaryl/α,β-unsaturated/α-hetero) is 1. The maximum Gasteiger partial charge on any atom is 0.410 e. The highest BCUT2D eigenvalue weighted by molar-refractivity contribution is 5.85. The van der Waals surface area contributed by atoms with Crippen molar-refractivity contribution in [3.8, 4) is 0 Å². The Bertz CT molecular complexity index is 314. The topological polar surface area (TPSA) is 55.8 Å². The molecule has 0 spiro atoms. The van der Waals surface area contributed by atoms with Gasteiger partial charge in [0, 0.05) is 13.0 Å². The first-order valence-corrected chi connectivity index (χ1v) is 6.01. The maximum atomic E-state index is 12.0. The van der Waals surface area contributed by atoms with E-state index in [1.165, 1.54) is 4.90 Å². The summed E-state index contributed by atoms with van der Waals surface area (Å²) < 4.78 is 22.3. The molecule has 0 aromatic rings. The molecule has 1 rings (SSSR count). The van der Waals surface area contributed by atoms with Gasteiger partial charge in [-0.25, -0.2) is 9.18 Å². The number of piperidine rings is 1. The highest BCUT2D eigenvalue weighted by Crippen LogP contribution is 2.15. The third-order valence-corrected chi connectivity index (χ3v) is 2.42. The van der Waals surface area contributed by atoms with E-state index in [2.05, 4.69) is 0 Å². The summed E-state index contributed by atoms with van der Waals surface area (Å²) in [5.41, 5.74) is -0.576. The average molecular weight is 261 g/mol. The molecule has 0 bridgehead atoms. The number of carbonyl (C=O) groups is 2. The zero-order valence-electron chi connectivity index (χ0n) is 11.1. The van der Waals surface area contributed by atoms with Gasteiger partial charge in [-0.3, -0.25) is 4.79 Å². The van der Waals surface area contributed by atoms with Gasteiger partial charge < -0.3 is 14.4 Å². The monoisotopic (exact) mass is 261 g/mol. The summed E-state index contributed by atoms with van der Waals surface area (Å²) >= 11 is 0. The van der Waals surface area contributed by atoms with E-state index in [0.717, 1.165) is 0 Å². The van der Waals surface area contributed by atoms with E-state index >= 15 is 0 Å². The van der Waals surface area contributed by atoms with Gasteiger partial charge in [0.25, 0.3) is 0 Å². The minimum Gasteiger partial charge on any atom is -0.444 e. The van der Waals surface area contributed by atoms with Gasteiger partial charge in [-0.2, -0.15) is 0 Å². The fraction of sp³-hybridized carbons (Fsp3) is 0.833. The number of carbonyl (C=O) groups excluding carboxylic acids is 2. The first kappa shape index (κ1) is 14.9. The number of ether oxygens (including phenoxy) is 2. The van der Waals surface area contributed by atoms with Crippen LogP contribution in [0.3, 0.4) is 0 Å². The van der Waals surface area contributed by atoms with Gasteiger partial charge in [-0.1, -0.05) is 0 Å². The molecule has 0 aromatic carbocycles. The van der Waals surface area contributed by atoms with Gasteiger partial charge in [0.15, 0.2) is 5.78 Å². The Morgan fingerprint density at radius 3 is 2.72 bits per heavy atom. The van der Waals surface area contributed by atoms with Crippen molar-refractivity contribution in [2.24, 2.45) is 0 Å². The van der Waals surface area contributed by atoms with Crippen LogP contribution in [0.5, 0.6) is 0 Å². The first-order valence-electron chi connectivity index (χ1n) is 6.01. The third kappa shape index (κ3) is 4.60. The van der Waals surface area contributed by atoms with Crippen LogP contribution in [0, 0.1) is 0 Å². The summed E-state index contributed by atoms with van der Waals surface area (Å²) in [4.78, 5) is 24.8. The molecule has 0 radical (unpaired) electrons. The Labute approximate surface area is 106 Å². The molecule has 0 aromatic heterocycles. The van der Waals surface area contributed by atoms with Crippen LogP contribution in [-0.4, -0.2) is 54.9 Å². The second-order valence-corrected chi connectivity index (χ2v) is 5.19. The number of hydrogen-bond donors (Lipinski definition) is 0. The Kier molecular flexibility index (Phi) is 5.07. The molecule has 0 saturated carbocycles. The highest BCUT2D eigenvalue weighted by atomic mass is 19.1. The number of amides is 1. The summed E-state index contributed by atoms with van der Waals surface area (Å²) in [6.45, 7) is 5.01. The Morgan fingerprint density at radius 1 is 1.50 bits per heavy atom. The zero-order chi connectivity index (χ0) is 13.8. The predicted molar refractivity (Wildman–Crippen MR) is 63.1 cm³/mol. The van der Waals surface area contributed by atoms with E-state index in [9.17, 15) is 14.0 Å². The van der Waals surface area contributed by atoms with Gasteiger partial charge in [-0.05, 0) is 20.8 Å². The molecule has 1 heterocycles. The molecule has 1 unspecified atom stereocenters. The van der Waals surface area contributed by atoms with E-state index in [1.54, 1.807) is 20.8 Å². The smallest absolute Gasteiger partial charge is 0.410 e. The second-order valence-electron chi connectivity index (χ2n) is 5.19. The van der Waals surface area contributed by atoms with E-state index < -0.39 is 24.5 Å². The van der Waals surface area contributed by atoms with E-state index in [-0.39, 0.29) is 25.4 Å². The van der Waals surface area contributed by atoms with Crippen LogP contribution >= 0.6 is 0 Å². The van der Waals surface area contributed by atoms with E-state index in [0.29, 0.717) is 6.54 Å². The third-order valence-electron chi connectivity index (χ3n) is 2.42. The van der Waals surface area contributed by atoms with Crippen molar-refractivity contribution in [3.63, 3.8) is 0 Å². The molecular weight excluding hydrogens is 241 g/mol. The molecule has 1 aliphatic rings. The molecule has 1 aliphatic heterocycles. The summed E-state index contributed by atoms with van der Waals surface area (Å²) in [5.74, 6) is -0.0942. The van der Waals surface area contributed by atoms with Crippen molar-refractivity contribution in [2.75, 3.05) is 26.4 Å². The van der Waals surface area contributed by atoms with Gasteiger partial charge in [0.2, 0.25) is 0 Å². The summed E-state index contributed by atoms with van der Waals surface area (Å²) in [5, 5.41) is 0. The lowest BCUT2D eigenvalue weighted by atomic mass is 10.1. The fourth-order valence-corrected chi connectivity index (χ4v) is 1.62. The molecule has 104 valence electrons. The largest absolute Gasteiger partial charge is 0.444 e. The zero-order valence-corrected chi connectivity index (χ0v) is 11.1. The molecule has 0 N–H and O–H groups in total. The van der Waals surface area contributed by atoms with Crippen molar-refractivity contribution in [2.45, 2.75) is 38.9 Å². The lowest BCUT2D eigenvalue weighted by Crippen LogP contribution is -2.49. The Balaban J connectivity index is 2.53. The average Bonchev–Trinajstić information content (AvgIpc) is 2.25. The van der Waals surface area contributed by atoms with Crippen molar-refractivity contribution in [3.05, 3.63) is 0 Å². The lowest BCUT2D eigenvalue weighted by molar-refractivity contribution is -0.135. The minimum atomic E-state index is -0.734. The standard InChI is InChI=1S/C12H20FNO4/c1-12(2,3)18-11(16)14-6-4-9(15)10(8-14)17-7-5-13/h10H,4-8H2,1-3H3. The SMILES string of the molecule is CC(C)(C)OC(=O)N1CCC(=O)C(OCCF)C1. The van der Waals surface area contributed by atoms with E-state index in [4.69, 9.17) is 9.47 Å². The van der Waals surface area contributed by atoms with Crippen LogP contribution in [0.1, 0.15) is 27.2 Å². The van der Waals surface area contributed by atoms with Crippen LogP contribution in [0.4, 0.5) is 9.18 Å². The number of likely N-dealkylation sites (tertiary alicyclic amines) is 1. The van der Waals surface area contributed by atoms with Crippen LogP contribution in [-0.2, 0) is 14.3 Å². The van der Waals surface area contributed by atoms with Crippen molar-refractivity contribution in [1.29, 1.82) is 0 Å². The number of hydrogen-bond acceptors (Lipinski definition) is 4. The molecular formula is C12H20FNO4. The highest BCUT2D eigenvalue weighted by Gasteiger charge is 2.32. The fourth-order valence-electron chi connectivity index (χ4n) is 1.62. The second kappa shape index (κ2) is 6.13. The van der Waals surface area contributed by atoms with Gasteiger partial charge in [0.1, 0.15) is 18.4 Å². The molecule has 18 heavy (non-hydrogen) atoms. The molecule has 1 fully saturated rings. The van der Waals surface area contributed by atoms with Crippen molar-refractivity contribution < 1.29 is 23.5 Å². The summed E-state index contributed by atoms with van der Waals surface area (Å²) in [6, 6.07) is 0. The van der Waals surface area contributed by atoms with Crippen LogP contribution < -0.4 is 0 Å². The van der Waals surface area contributed by atoms with Gasteiger partial charge in [0.05, 0.1) is 13.2 Å². The molecule has 5 nitrogen and oxygen atoms in total. The number of alkyl halides is 1. The molecule has 1 amide bonds. The number of rotatable bonds is 3. The minimum absolute atomic E-state index is 0.0942. The maximum absolute atomic E-state index is 12.0. The number of nitrogens with zero attached hydrogens (tertiary/aromatic N) is 1. The van der Waals surface area contributed by atoms with Crippen LogP contribution in [0.25, 0.3) is 0 Å². The molecule has 6 heteroatoms. The van der Waals surface area contributed by atoms with Gasteiger partial charge in [-0.15, -0.1) is 0 Å².